The Balaban J connectivity index is 2.67. The number of aromatic nitrogens is 1. The Kier molecular flexibility index (Phi) is 7.95. The Hall–Kier alpha value is -2.37. The van der Waals surface area contributed by atoms with Crippen molar-refractivity contribution in [3.05, 3.63) is 42.7 Å². The van der Waals surface area contributed by atoms with Gasteiger partial charge in [-0.05, 0) is 45.2 Å². The first-order valence-corrected chi connectivity index (χ1v) is 7.98. The average Bonchev–Trinajstić information content (AvgIpc) is 2.50. The number of ether oxygens (including phenoxy) is 2. The van der Waals surface area contributed by atoms with Crippen molar-refractivity contribution in [1.29, 1.82) is 0 Å². The van der Waals surface area contributed by atoms with Gasteiger partial charge in [-0.25, -0.2) is 4.79 Å². The molecule has 0 bridgehead atoms. The fourth-order valence-corrected chi connectivity index (χ4v) is 1.92. The smallest absolute Gasteiger partial charge is 0.408 e. The molecule has 0 saturated heterocycles. The predicted molar refractivity (Wildman–Crippen MR) is 91.4 cm³/mol. The van der Waals surface area contributed by atoms with E-state index in [0.717, 1.165) is 12.8 Å². The van der Waals surface area contributed by atoms with Crippen LogP contribution in [0.15, 0.2) is 37.2 Å². The zero-order valence-corrected chi connectivity index (χ0v) is 14.6. The number of amides is 1. The Labute approximate surface area is 143 Å². The molecule has 1 atom stereocenters. The van der Waals surface area contributed by atoms with E-state index in [-0.39, 0.29) is 12.4 Å². The van der Waals surface area contributed by atoms with Crippen molar-refractivity contribution in [2.24, 2.45) is 0 Å². The van der Waals surface area contributed by atoms with Crippen LogP contribution in [0.2, 0.25) is 0 Å². The van der Waals surface area contributed by atoms with Crippen LogP contribution in [-0.2, 0) is 14.3 Å². The highest BCUT2D eigenvalue weighted by molar-refractivity contribution is 5.73. The van der Waals surface area contributed by atoms with Gasteiger partial charge in [0.15, 0.2) is 0 Å². The van der Waals surface area contributed by atoms with Gasteiger partial charge in [-0.1, -0.05) is 12.1 Å². The van der Waals surface area contributed by atoms with E-state index < -0.39 is 17.7 Å². The second-order valence-electron chi connectivity index (χ2n) is 6.34. The van der Waals surface area contributed by atoms with E-state index in [1.807, 2.05) is 0 Å². The summed E-state index contributed by atoms with van der Waals surface area (Å²) in [6, 6.07) is 2.98. The Morgan fingerprint density at radius 1 is 1.42 bits per heavy atom. The maximum Gasteiger partial charge on any atom is 0.408 e. The van der Waals surface area contributed by atoms with Crippen LogP contribution in [0.1, 0.15) is 51.6 Å². The summed E-state index contributed by atoms with van der Waals surface area (Å²) in [5.74, 6) is -0.385. The van der Waals surface area contributed by atoms with E-state index in [9.17, 15) is 9.59 Å². The minimum absolute atomic E-state index is 0.0129. The molecule has 0 saturated carbocycles. The van der Waals surface area contributed by atoms with Gasteiger partial charge in [0.2, 0.25) is 0 Å². The fourth-order valence-electron chi connectivity index (χ4n) is 1.92. The number of carbonyl (C=O) groups excluding carboxylic acids is 2. The van der Waals surface area contributed by atoms with Crippen molar-refractivity contribution in [1.82, 2.24) is 10.3 Å². The van der Waals surface area contributed by atoms with Crippen LogP contribution in [0.4, 0.5) is 4.79 Å². The second-order valence-corrected chi connectivity index (χ2v) is 6.34. The van der Waals surface area contributed by atoms with Crippen LogP contribution in [0, 0.1) is 0 Å². The van der Waals surface area contributed by atoms with Gasteiger partial charge in [0.25, 0.3) is 0 Å². The third-order valence-corrected chi connectivity index (χ3v) is 2.96. The van der Waals surface area contributed by atoms with Crippen LogP contribution < -0.4 is 5.32 Å². The van der Waals surface area contributed by atoms with E-state index in [0.29, 0.717) is 12.2 Å². The molecule has 1 aromatic heterocycles. The summed E-state index contributed by atoms with van der Waals surface area (Å²) in [6.45, 7) is 9.28. The molecule has 0 aromatic carbocycles. The lowest BCUT2D eigenvalue weighted by Crippen LogP contribution is -2.36. The second kappa shape index (κ2) is 9.70. The minimum atomic E-state index is -0.616. The standard InChI is InChI=1S/C18H26N2O4/c1-5-6-7-11-23-16(21)12-15(14-9-8-10-19-13-14)20-17(22)24-18(2,3)4/h5,8-10,13,15H,1,6-7,11-12H2,2-4H3,(H,20,22)/t15-/m1/s1. The number of hydrogen-bond acceptors (Lipinski definition) is 5. The summed E-state index contributed by atoms with van der Waals surface area (Å²) in [5, 5.41) is 2.70. The third kappa shape index (κ3) is 8.31. The highest BCUT2D eigenvalue weighted by atomic mass is 16.6. The lowest BCUT2D eigenvalue weighted by molar-refractivity contribution is -0.144. The largest absolute Gasteiger partial charge is 0.466 e. The lowest BCUT2D eigenvalue weighted by Gasteiger charge is -2.23. The monoisotopic (exact) mass is 334 g/mol. The quantitative estimate of drug-likeness (QED) is 0.447. The summed E-state index contributed by atoms with van der Waals surface area (Å²) in [7, 11) is 0. The molecule has 0 spiro atoms. The summed E-state index contributed by atoms with van der Waals surface area (Å²) < 4.78 is 10.4. The van der Waals surface area contributed by atoms with Gasteiger partial charge >= 0.3 is 12.1 Å². The maximum absolute atomic E-state index is 12.0. The molecule has 132 valence electrons. The van der Waals surface area contributed by atoms with Gasteiger partial charge in [0, 0.05) is 12.4 Å². The zero-order chi connectivity index (χ0) is 18.0. The first-order chi connectivity index (χ1) is 11.3. The fraction of sp³-hybridized carbons (Fsp3) is 0.500. The number of esters is 1. The number of rotatable bonds is 8. The normalized spacial score (nSPS) is 12.1. The number of allylic oxidation sites excluding steroid dienone is 1. The van der Waals surface area contributed by atoms with Gasteiger partial charge in [0.1, 0.15) is 5.60 Å². The molecule has 1 heterocycles. The Morgan fingerprint density at radius 3 is 2.75 bits per heavy atom. The number of pyridine rings is 1. The molecule has 1 aromatic rings. The summed E-state index contributed by atoms with van der Waals surface area (Å²) >= 11 is 0. The molecular weight excluding hydrogens is 308 g/mol. The van der Waals surface area contributed by atoms with Crippen molar-refractivity contribution < 1.29 is 19.1 Å². The Morgan fingerprint density at radius 2 is 2.17 bits per heavy atom. The van der Waals surface area contributed by atoms with Crippen LogP contribution in [0.3, 0.4) is 0 Å². The van der Waals surface area contributed by atoms with E-state index in [2.05, 4.69) is 16.9 Å². The molecule has 6 nitrogen and oxygen atoms in total. The number of nitrogens with one attached hydrogen (secondary N) is 1. The highest BCUT2D eigenvalue weighted by Gasteiger charge is 2.23. The van der Waals surface area contributed by atoms with Crippen LogP contribution in [0.25, 0.3) is 0 Å². The third-order valence-electron chi connectivity index (χ3n) is 2.96. The first-order valence-electron chi connectivity index (χ1n) is 7.98. The Bertz CT molecular complexity index is 538. The summed E-state index contributed by atoms with van der Waals surface area (Å²) in [4.78, 5) is 28.0. The van der Waals surface area contributed by atoms with Crippen LogP contribution >= 0.6 is 0 Å². The van der Waals surface area contributed by atoms with Crippen LogP contribution in [0.5, 0.6) is 0 Å². The van der Waals surface area contributed by atoms with E-state index in [4.69, 9.17) is 9.47 Å². The number of hydrogen-bond donors (Lipinski definition) is 1. The molecule has 1 amide bonds. The van der Waals surface area contributed by atoms with Crippen molar-refractivity contribution >= 4 is 12.1 Å². The molecule has 0 aliphatic rings. The summed E-state index contributed by atoms with van der Waals surface area (Å²) in [6.07, 6.45) is 5.95. The number of carbonyl (C=O) groups is 2. The van der Waals surface area contributed by atoms with Crippen molar-refractivity contribution in [2.45, 2.75) is 51.7 Å². The predicted octanol–water partition coefficient (Wildman–Crippen LogP) is 3.55. The van der Waals surface area contributed by atoms with Gasteiger partial charge in [-0.3, -0.25) is 9.78 Å². The number of unbranched alkanes of at least 4 members (excludes halogenated alkanes) is 1. The highest BCUT2D eigenvalue weighted by Crippen LogP contribution is 2.18. The van der Waals surface area contributed by atoms with Crippen molar-refractivity contribution in [3.8, 4) is 0 Å². The maximum atomic E-state index is 12.0. The molecular formula is C18H26N2O4. The van der Waals surface area contributed by atoms with Crippen molar-refractivity contribution in [2.75, 3.05) is 6.61 Å². The zero-order valence-electron chi connectivity index (χ0n) is 14.6. The first kappa shape index (κ1) is 19.7. The molecule has 1 rings (SSSR count). The van der Waals surface area contributed by atoms with Gasteiger partial charge in [0.05, 0.1) is 19.1 Å². The SMILES string of the molecule is C=CCCCOC(=O)C[C@@H](NC(=O)OC(C)(C)C)c1cccnc1. The van der Waals surface area contributed by atoms with E-state index in [1.165, 1.54) is 0 Å². The molecule has 1 N–H and O–H groups in total. The molecule has 0 aliphatic carbocycles. The van der Waals surface area contributed by atoms with Gasteiger partial charge < -0.3 is 14.8 Å². The number of nitrogens with zero attached hydrogens (tertiary/aromatic N) is 1. The molecule has 0 aliphatic heterocycles. The van der Waals surface area contributed by atoms with Crippen molar-refractivity contribution in [3.63, 3.8) is 0 Å². The minimum Gasteiger partial charge on any atom is -0.466 e. The molecule has 24 heavy (non-hydrogen) atoms. The average molecular weight is 334 g/mol. The van der Waals surface area contributed by atoms with Crippen LogP contribution in [-0.4, -0.2) is 29.3 Å². The topological polar surface area (TPSA) is 77.5 Å². The molecule has 0 fully saturated rings. The van der Waals surface area contributed by atoms with E-state index >= 15 is 0 Å². The number of alkyl carbamates (subject to hydrolysis) is 1. The summed E-state index contributed by atoms with van der Waals surface area (Å²) in [5.41, 5.74) is 0.0980. The molecule has 6 heteroatoms. The molecule has 0 radical (unpaired) electrons. The lowest BCUT2D eigenvalue weighted by atomic mass is 10.1. The van der Waals surface area contributed by atoms with Gasteiger partial charge in [-0.15, -0.1) is 6.58 Å². The van der Waals surface area contributed by atoms with Gasteiger partial charge in [-0.2, -0.15) is 0 Å². The molecule has 0 unspecified atom stereocenters. The van der Waals surface area contributed by atoms with E-state index in [1.54, 1.807) is 51.4 Å².